The Morgan fingerprint density at radius 1 is 1.11 bits per heavy atom. The van der Waals surface area contributed by atoms with Crippen LogP contribution in [0.3, 0.4) is 0 Å². The number of aromatic nitrogens is 2. The first-order valence-corrected chi connectivity index (χ1v) is 10.7. The number of amides is 1. The number of nitrogens with one attached hydrogen (secondary N) is 1. The zero-order valence-corrected chi connectivity index (χ0v) is 17.8. The van der Waals surface area contributed by atoms with Crippen LogP contribution in [0.15, 0.2) is 30.3 Å². The number of carbonyl (C=O) groups excluding carboxylic acids is 1. The quantitative estimate of drug-likeness (QED) is 0.376. The van der Waals surface area contributed by atoms with Gasteiger partial charge < -0.3 is 10.1 Å². The largest absolute Gasteiger partial charge is 0.494 e. The molecule has 0 aliphatic carbocycles. The fourth-order valence-electron chi connectivity index (χ4n) is 3.11. The SMILES string of the molecule is Cc1cc(C(=O)NCc2cccc(OCCCCCCCCCCl)c2)n(C)n1. The third-order valence-corrected chi connectivity index (χ3v) is 4.90. The molecule has 0 saturated heterocycles. The molecule has 0 fully saturated rings. The Morgan fingerprint density at radius 2 is 1.82 bits per heavy atom. The molecule has 5 nitrogen and oxygen atoms in total. The number of halogens is 1. The lowest BCUT2D eigenvalue weighted by Gasteiger charge is -2.09. The van der Waals surface area contributed by atoms with Crippen molar-refractivity contribution >= 4 is 17.5 Å². The molecular weight excluding hydrogens is 374 g/mol. The van der Waals surface area contributed by atoms with Crippen molar-refractivity contribution in [2.24, 2.45) is 7.05 Å². The lowest BCUT2D eigenvalue weighted by molar-refractivity contribution is 0.0941. The highest BCUT2D eigenvalue weighted by atomic mass is 35.5. The van der Waals surface area contributed by atoms with Crippen LogP contribution >= 0.6 is 11.6 Å². The minimum Gasteiger partial charge on any atom is -0.494 e. The topological polar surface area (TPSA) is 56.1 Å². The zero-order valence-electron chi connectivity index (χ0n) is 17.0. The van der Waals surface area contributed by atoms with E-state index in [0.29, 0.717) is 12.2 Å². The maximum Gasteiger partial charge on any atom is 0.269 e. The Morgan fingerprint density at radius 3 is 2.50 bits per heavy atom. The van der Waals surface area contributed by atoms with Crippen LogP contribution in [-0.4, -0.2) is 28.2 Å². The fraction of sp³-hybridized carbons (Fsp3) is 0.545. The molecule has 0 radical (unpaired) electrons. The lowest BCUT2D eigenvalue weighted by Crippen LogP contribution is -2.25. The van der Waals surface area contributed by atoms with E-state index in [-0.39, 0.29) is 5.91 Å². The van der Waals surface area contributed by atoms with E-state index < -0.39 is 0 Å². The molecule has 0 atom stereocenters. The van der Waals surface area contributed by atoms with Crippen molar-refractivity contribution in [3.8, 4) is 5.75 Å². The molecule has 0 unspecified atom stereocenters. The fourth-order valence-corrected chi connectivity index (χ4v) is 3.30. The number of hydrogen-bond donors (Lipinski definition) is 1. The molecule has 6 heteroatoms. The number of hydrogen-bond acceptors (Lipinski definition) is 3. The van der Waals surface area contributed by atoms with Crippen LogP contribution < -0.4 is 10.1 Å². The maximum absolute atomic E-state index is 12.3. The van der Waals surface area contributed by atoms with Crippen molar-refractivity contribution in [1.29, 1.82) is 0 Å². The van der Waals surface area contributed by atoms with Gasteiger partial charge in [-0.15, -0.1) is 11.6 Å². The molecule has 1 aromatic heterocycles. The molecule has 1 heterocycles. The van der Waals surface area contributed by atoms with Crippen molar-refractivity contribution in [3.63, 3.8) is 0 Å². The average Bonchev–Trinajstić information content (AvgIpc) is 3.03. The summed E-state index contributed by atoms with van der Waals surface area (Å²) in [5.74, 6) is 1.50. The van der Waals surface area contributed by atoms with Gasteiger partial charge in [0.1, 0.15) is 11.4 Å². The van der Waals surface area contributed by atoms with Crippen molar-refractivity contribution < 1.29 is 9.53 Å². The second kappa shape index (κ2) is 12.4. The summed E-state index contributed by atoms with van der Waals surface area (Å²) >= 11 is 5.68. The average molecular weight is 406 g/mol. The van der Waals surface area contributed by atoms with Gasteiger partial charge in [-0.2, -0.15) is 5.10 Å². The molecule has 1 aromatic carbocycles. The van der Waals surface area contributed by atoms with Crippen molar-refractivity contribution in [3.05, 3.63) is 47.3 Å². The molecule has 0 aliphatic heterocycles. The van der Waals surface area contributed by atoms with Gasteiger partial charge in [0.15, 0.2) is 0 Å². The van der Waals surface area contributed by atoms with E-state index >= 15 is 0 Å². The number of aryl methyl sites for hydroxylation is 2. The highest BCUT2D eigenvalue weighted by Gasteiger charge is 2.11. The van der Waals surface area contributed by atoms with Crippen LogP contribution in [0.2, 0.25) is 0 Å². The summed E-state index contributed by atoms with van der Waals surface area (Å²) in [4.78, 5) is 12.3. The summed E-state index contributed by atoms with van der Waals surface area (Å²) in [5, 5.41) is 7.14. The number of nitrogens with zero attached hydrogens (tertiary/aromatic N) is 2. The molecule has 154 valence electrons. The Bertz CT molecular complexity index is 730. The highest BCUT2D eigenvalue weighted by molar-refractivity contribution is 6.17. The predicted molar refractivity (Wildman–Crippen MR) is 114 cm³/mol. The number of rotatable bonds is 13. The second-order valence-electron chi connectivity index (χ2n) is 7.14. The smallest absolute Gasteiger partial charge is 0.269 e. The first-order chi connectivity index (χ1) is 13.6. The molecule has 28 heavy (non-hydrogen) atoms. The van der Waals surface area contributed by atoms with Gasteiger partial charge in [-0.25, -0.2) is 0 Å². The van der Waals surface area contributed by atoms with Crippen LogP contribution in [0.25, 0.3) is 0 Å². The molecule has 1 N–H and O–H groups in total. The van der Waals surface area contributed by atoms with Crippen molar-refractivity contribution in [2.45, 2.75) is 58.4 Å². The molecule has 1 amide bonds. The number of unbranched alkanes of at least 4 members (excludes halogenated alkanes) is 6. The van der Waals surface area contributed by atoms with Crippen molar-refractivity contribution in [1.82, 2.24) is 15.1 Å². The van der Waals surface area contributed by atoms with E-state index in [2.05, 4.69) is 10.4 Å². The van der Waals surface area contributed by atoms with Gasteiger partial charge >= 0.3 is 0 Å². The van der Waals surface area contributed by atoms with Gasteiger partial charge in [0, 0.05) is 19.5 Å². The van der Waals surface area contributed by atoms with Gasteiger partial charge in [0.25, 0.3) is 5.91 Å². The van der Waals surface area contributed by atoms with Gasteiger partial charge in [-0.3, -0.25) is 9.48 Å². The number of ether oxygens (including phenoxy) is 1. The van der Waals surface area contributed by atoms with Gasteiger partial charge in [-0.05, 0) is 43.5 Å². The molecule has 0 bridgehead atoms. The minimum absolute atomic E-state index is 0.125. The van der Waals surface area contributed by atoms with Crippen LogP contribution in [0, 0.1) is 6.92 Å². The summed E-state index contributed by atoms with van der Waals surface area (Å²) in [6.45, 7) is 3.06. The van der Waals surface area contributed by atoms with E-state index in [1.54, 1.807) is 17.8 Å². The summed E-state index contributed by atoms with van der Waals surface area (Å²) in [6.07, 6.45) is 8.44. The maximum atomic E-state index is 12.3. The number of alkyl halides is 1. The summed E-state index contributed by atoms with van der Waals surface area (Å²) in [7, 11) is 1.77. The molecule has 0 spiro atoms. The van der Waals surface area contributed by atoms with Crippen LogP contribution in [0.5, 0.6) is 5.75 Å². The summed E-state index contributed by atoms with van der Waals surface area (Å²) < 4.78 is 7.46. The van der Waals surface area contributed by atoms with E-state index in [0.717, 1.165) is 42.3 Å². The second-order valence-corrected chi connectivity index (χ2v) is 7.51. The molecule has 2 rings (SSSR count). The monoisotopic (exact) mass is 405 g/mol. The Kier molecular flexibility index (Phi) is 9.91. The number of carbonyl (C=O) groups is 1. The molecule has 0 saturated carbocycles. The van der Waals surface area contributed by atoms with Crippen LogP contribution in [-0.2, 0) is 13.6 Å². The van der Waals surface area contributed by atoms with E-state index in [9.17, 15) is 4.79 Å². The van der Waals surface area contributed by atoms with Crippen LogP contribution in [0.4, 0.5) is 0 Å². The minimum atomic E-state index is -0.125. The van der Waals surface area contributed by atoms with Gasteiger partial charge in [0.2, 0.25) is 0 Å². The highest BCUT2D eigenvalue weighted by Crippen LogP contribution is 2.15. The summed E-state index contributed by atoms with van der Waals surface area (Å²) in [6, 6.07) is 9.68. The van der Waals surface area contributed by atoms with E-state index in [1.807, 2.05) is 31.2 Å². The Labute approximate surface area is 173 Å². The first kappa shape index (κ1) is 22.3. The Hall–Kier alpha value is -2.01. The van der Waals surface area contributed by atoms with Gasteiger partial charge in [0.05, 0.1) is 12.3 Å². The number of benzene rings is 1. The summed E-state index contributed by atoms with van der Waals surface area (Å²) in [5.41, 5.74) is 2.41. The predicted octanol–water partition coefficient (Wildman–Crippen LogP) is 5.01. The zero-order chi connectivity index (χ0) is 20.2. The normalized spacial score (nSPS) is 10.8. The molecule has 0 aliphatic rings. The van der Waals surface area contributed by atoms with E-state index in [4.69, 9.17) is 16.3 Å². The van der Waals surface area contributed by atoms with Crippen LogP contribution in [0.1, 0.15) is 66.7 Å². The third kappa shape index (κ3) is 7.93. The molecular formula is C22H32ClN3O2. The van der Waals surface area contributed by atoms with E-state index in [1.165, 1.54) is 32.1 Å². The Balaban J connectivity index is 1.66. The van der Waals surface area contributed by atoms with Gasteiger partial charge in [-0.1, -0.05) is 44.2 Å². The standard InChI is InChI=1S/C22H32ClN3O2/c1-18-15-21(26(2)25-18)22(27)24-17-19-11-10-12-20(16-19)28-14-9-7-5-3-4-6-8-13-23/h10-12,15-16H,3-9,13-14,17H2,1-2H3,(H,24,27). The lowest BCUT2D eigenvalue weighted by atomic mass is 10.1. The third-order valence-electron chi connectivity index (χ3n) is 4.63. The van der Waals surface area contributed by atoms with Crippen molar-refractivity contribution in [2.75, 3.05) is 12.5 Å². The molecule has 2 aromatic rings. The first-order valence-electron chi connectivity index (χ1n) is 10.2.